The van der Waals surface area contributed by atoms with Crippen LogP contribution in [0.2, 0.25) is 0 Å². The zero-order valence-electron chi connectivity index (χ0n) is 17.9. The van der Waals surface area contributed by atoms with E-state index in [4.69, 9.17) is 5.26 Å². The molecule has 10 nitrogen and oxygen atoms in total. The molecule has 11 heteroatoms. The van der Waals surface area contributed by atoms with Gasteiger partial charge in [0.1, 0.15) is 23.0 Å². The Kier molecular flexibility index (Phi) is 6.26. The lowest BCUT2D eigenvalue weighted by molar-refractivity contribution is -0.132. The van der Waals surface area contributed by atoms with Gasteiger partial charge < -0.3 is 10.6 Å². The van der Waals surface area contributed by atoms with Gasteiger partial charge in [0.05, 0.1) is 5.69 Å². The van der Waals surface area contributed by atoms with Crippen molar-refractivity contribution in [3.63, 3.8) is 0 Å². The van der Waals surface area contributed by atoms with Crippen molar-refractivity contribution < 1.29 is 18.8 Å². The van der Waals surface area contributed by atoms with Crippen LogP contribution in [0.25, 0.3) is 5.69 Å². The molecule has 1 aromatic carbocycles. The first-order valence-corrected chi connectivity index (χ1v) is 10.9. The Morgan fingerprint density at radius 2 is 2.03 bits per heavy atom. The molecule has 2 aliphatic rings. The summed E-state index contributed by atoms with van der Waals surface area (Å²) in [6, 6.07) is 6.64. The van der Waals surface area contributed by atoms with E-state index in [-0.39, 0.29) is 42.1 Å². The lowest BCUT2D eigenvalue weighted by atomic mass is 9.82. The Morgan fingerprint density at radius 3 is 2.79 bits per heavy atom. The molecule has 2 fully saturated rings. The van der Waals surface area contributed by atoms with Gasteiger partial charge in [0, 0.05) is 25.4 Å². The van der Waals surface area contributed by atoms with E-state index in [0.29, 0.717) is 19.3 Å². The molecule has 1 aromatic heterocycles. The average molecular weight is 453 g/mol. The summed E-state index contributed by atoms with van der Waals surface area (Å²) in [6.07, 6.45) is 6.18. The number of imide groups is 1. The van der Waals surface area contributed by atoms with Crippen LogP contribution in [0.15, 0.2) is 30.5 Å². The third-order valence-electron chi connectivity index (χ3n) is 5.98. The van der Waals surface area contributed by atoms with E-state index < -0.39 is 17.4 Å². The van der Waals surface area contributed by atoms with Gasteiger partial charge in [0.25, 0.3) is 5.91 Å². The van der Waals surface area contributed by atoms with Gasteiger partial charge in [-0.05, 0) is 31.4 Å². The Morgan fingerprint density at radius 1 is 1.24 bits per heavy atom. The van der Waals surface area contributed by atoms with Crippen molar-refractivity contribution in [1.82, 2.24) is 25.3 Å². The number of amides is 5. The molecule has 3 N–H and O–H groups in total. The number of urea groups is 2. The van der Waals surface area contributed by atoms with Crippen LogP contribution in [0, 0.1) is 17.1 Å². The van der Waals surface area contributed by atoms with Gasteiger partial charge in [-0.15, -0.1) is 5.10 Å². The Balaban J connectivity index is 1.26. The van der Waals surface area contributed by atoms with Gasteiger partial charge >= 0.3 is 12.1 Å². The second-order valence-electron chi connectivity index (χ2n) is 8.16. The Bertz CT molecular complexity index is 1120. The van der Waals surface area contributed by atoms with Gasteiger partial charge in [-0.25, -0.2) is 18.7 Å². The zero-order valence-corrected chi connectivity index (χ0v) is 17.9. The molecular weight excluding hydrogens is 429 g/mol. The molecule has 0 bridgehead atoms. The summed E-state index contributed by atoms with van der Waals surface area (Å²) in [5.41, 5.74) is -0.631. The summed E-state index contributed by atoms with van der Waals surface area (Å²) in [7, 11) is 0. The molecular formula is C22H24FN7O3. The molecule has 1 saturated heterocycles. The fraction of sp³-hybridized carbons (Fsp3) is 0.409. The molecule has 2 heterocycles. The second kappa shape index (κ2) is 9.28. The van der Waals surface area contributed by atoms with E-state index in [2.05, 4.69) is 21.0 Å². The van der Waals surface area contributed by atoms with E-state index >= 15 is 0 Å². The molecule has 5 amide bonds. The number of anilines is 1. The molecule has 0 unspecified atom stereocenters. The number of carbonyl (C=O) groups is 3. The number of halogens is 1. The van der Waals surface area contributed by atoms with E-state index in [0.717, 1.165) is 19.3 Å². The molecule has 1 saturated carbocycles. The fourth-order valence-corrected chi connectivity index (χ4v) is 4.31. The minimum atomic E-state index is -0.744. The third-order valence-corrected chi connectivity index (χ3v) is 5.98. The number of hydrogen-bond acceptors (Lipinski definition) is 5. The van der Waals surface area contributed by atoms with Crippen molar-refractivity contribution in [3.05, 3.63) is 41.8 Å². The smallest absolute Gasteiger partial charge is 0.325 e. The first-order chi connectivity index (χ1) is 15.9. The maximum atomic E-state index is 13.8. The topological polar surface area (TPSA) is 132 Å². The minimum Gasteiger partial charge on any atom is -0.338 e. The van der Waals surface area contributed by atoms with E-state index in [1.165, 1.54) is 34.0 Å². The molecule has 2 aromatic rings. The van der Waals surface area contributed by atoms with Crippen molar-refractivity contribution >= 4 is 23.8 Å². The lowest BCUT2D eigenvalue weighted by Crippen LogP contribution is -2.48. The number of nitrogens with zero attached hydrogens (tertiary/aromatic N) is 4. The molecule has 0 radical (unpaired) electrons. The summed E-state index contributed by atoms with van der Waals surface area (Å²) in [5, 5.41) is 21.4. The highest BCUT2D eigenvalue weighted by atomic mass is 19.1. The van der Waals surface area contributed by atoms with Crippen molar-refractivity contribution in [1.29, 1.82) is 5.26 Å². The van der Waals surface area contributed by atoms with Crippen molar-refractivity contribution in [2.45, 2.75) is 44.1 Å². The summed E-state index contributed by atoms with van der Waals surface area (Å²) in [6.45, 7) is 0.469. The van der Waals surface area contributed by atoms with Gasteiger partial charge in [-0.2, -0.15) is 5.26 Å². The Hall–Kier alpha value is -3.94. The quantitative estimate of drug-likeness (QED) is 0.457. The van der Waals surface area contributed by atoms with Crippen molar-refractivity contribution in [2.24, 2.45) is 0 Å². The summed E-state index contributed by atoms with van der Waals surface area (Å²) in [5.74, 6) is -0.609. The number of benzene rings is 1. The van der Waals surface area contributed by atoms with Crippen LogP contribution < -0.4 is 16.0 Å². The van der Waals surface area contributed by atoms with Gasteiger partial charge in [0.15, 0.2) is 5.82 Å². The standard InChI is InChI=1S/C22H24FN7O3/c23-16-6-4-7-17(15(16)14-24)30-13-8-18(28-30)26-20(32)25-11-5-12-29-19(31)22(27-21(29)33)9-2-1-3-10-22/h4,6-8,13H,1-3,5,9-12H2,(H,27,33)(H2,25,26,28,32). The van der Waals surface area contributed by atoms with Crippen molar-refractivity contribution in [3.8, 4) is 11.8 Å². The SMILES string of the molecule is N#Cc1c(F)cccc1-n1ccc(NC(=O)NCCCN2C(=O)NC3(CCCCC3)C2=O)n1. The first kappa shape index (κ1) is 22.3. The predicted octanol–water partition coefficient (Wildman–Crippen LogP) is 2.65. The highest BCUT2D eigenvalue weighted by Gasteiger charge is 2.50. The molecule has 0 atom stereocenters. The van der Waals surface area contributed by atoms with Crippen LogP contribution in [0.3, 0.4) is 0 Å². The monoisotopic (exact) mass is 453 g/mol. The van der Waals surface area contributed by atoms with E-state index in [9.17, 15) is 18.8 Å². The van der Waals surface area contributed by atoms with Gasteiger partial charge in [-0.3, -0.25) is 15.0 Å². The zero-order chi connectivity index (χ0) is 23.4. The molecule has 1 aliphatic carbocycles. The van der Waals surface area contributed by atoms with Crippen LogP contribution in [0.5, 0.6) is 0 Å². The average Bonchev–Trinajstić information content (AvgIpc) is 3.35. The largest absolute Gasteiger partial charge is 0.338 e. The summed E-state index contributed by atoms with van der Waals surface area (Å²) < 4.78 is 15.1. The normalized spacial score (nSPS) is 17.0. The number of nitriles is 1. The highest BCUT2D eigenvalue weighted by molar-refractivity contribution is 6.07. The molecule has 1 aliphatic heterocycles. The molecule has 4 rings (SSSR count). The van der Waals surface area contributed by atoms with E-state index in [1.54, 1.807) is 12.1 Å². The van der Waals surface area contributed by atoms with Crippen LogP contribution >= 0.6 is 0 Å². The number of rotatable bonds is 6. The first-order valence-electron chi connectivity index (χ1n) is 10.9. The molecule has 33 heavy (non-hydrogen) atoms. The number of hydrogen-bond donors (Lipinski definition) is 3. The van der Waals surface area contributed by atoms with Gasteiger partial charge in [-0.1, -0.05) is 25.3 Å². The number of carbonyl (C=O) groups excluding carboxylic acids is 3. The van der Waals surface area contributed by atoms with Crippen LogP contribution in [-0.4, -0.2) is 51.3 Å². The van der Waals surface area contributed by atoms with Crippen LogP contribution in [0.4, 0.5) is 19.8 Å². The Labute approximate surface area is 189 Å². The maximum Gasteiger partial charge on any atom is 0.325 e. The fourth-order valence-electron chi connectivity index (χ4n) is 4.31. The highest BCUT2D eigenvalue weighted by Crippen LogP contribution is 2.33. The van der Waals surface area contributed by atoms with Crippen LogP contribution in [-0.2, 0) is 4.79 Å². The number of aromatic nitrogens is 2. The summed E-state index contributed by atoms with van der Waals surface area (Å²) in [4.78, 5) is 38.4. The molecule has 1 spiro atoms. The van der Waals surface area contributed by atoms with E-state index in [1.807, 2.05) is 0 Å². The minimum absolute atomic E-state index is 0.146. The predicted molar refractivity (Wildman–Crippen MR) is 116 cm³/mol. The third kappa shape index (κ3) is 4.50. The van der Waals surface area contributed by atoms with Crippen LogP contribution in [0.1, 0.15) is 44.1 Å². The molecule has 172 valence electrons. The number of nitrogens with one attached hydrogen (secondary N) is 3. The maximum absolute atomic E-state index is 13.8. The van der Waals surface area contributed by atoms with Gasteiger partial charge in [0.2, 0.25) is 0 Å². The summed E-state index contributed by atoms with van der Waals surface area (Å²) >= 11 is 0. The van der Waals surface area contributed by atoms with Crippen molar-refractivity contribution in [2.75, 3.05) is 18.4 Å². The second-order valence-corrected chi connectivity index (χ2v) is 8.16. The lowest BCUT2D eigenvalue weighted by Gasteiger charge is -2.30.